The SMILES string of the molecule is N#Cc1cccc2c1Oc1ccccc1N=C2. The van der Waals surface area contributed by atoms with E-state index in [4.69, 9.17) is 10.00 Å². The van der Waals surface area contributed by atoms with E-state index in [1.54, 1.807) is 12.3 Å². The normalized spacial score (nSPS) is 11.7. The van der Waals surface area contributed by atoms with Crippen LogP contribution in [0.4, 0.5) is 5.69 Å². The summed E-state index contributed by atoms with van der Waals surface area (Å²) in [6, 6.07) is 15.1. The van der Waals surface area contributed by atoms with E-state index in [-0.39, 0.29) is 0 Å². The largest absolute Gasteiger partial charge is 0.453 e. The van der Waals surface area contributed by atoms with E-state index < -0.39 is 0 Å². The Morgan fingerprint density at radius 2 is 1.94 bits per heavy atom. The van der Waals surface area contributed by atoms with Crippen LogP contribution in [0.5, 0.6) is 11.5 Å². The standard InChI is InChI=1S/C14H8N2O/c15-8-10-4-3-5-11-9-16-12-6-1-2-7-13(12)17-14(10)11/h1-7,9H. The molecule has 2 aromatic carbocycles. The topological polar surface area (TPSA) is 45.4 Å². The van der Waals surface area contributed by atoms with Gasteiger partial charge in [-0.2, -0.15) is 5.26 Å². The van der Waals surface area contributed by atoms with Gasteiger partial charge < -0.3 is 4.74 Å². The van der Waals surface area contributed by atoms with Crippen LogP contribution in [-0.4, -0.2) is 6.21 Å². The third kappa shape index (κ3) is 1.56. The van der Waals surface area contributed by atoms with Crippen LogP contribution >= 0.6 is 0 Å². The highest BCUT2D eigenvalue weighted by Gasteiger charge is 2.14. The maximum atomic E-state index is 9.06. The molecule has 0 aliphatic carbocycles. The van der Waals surface area contributed by atoms with Gasteiger partial charge in [-0.05, 0) is 24.3 Å². The van der Waals surface area contributed by atoms with Gasteiger partial charge in [-0.3, -0.25) is 4.99 Å². The van der Waals surface area contributed by atoms with Gasteiger partial charge in [0.15, 0.2) is 11.5 Å². The van der Waals surface area contributed by atoms with E-state index >= 15 is 0 Å². The van der Waals surface area contributed by atoms with Crippen LogP contribution < -0.4 is 4.74 Å². The summed E-state index contributed by atoms with van der Waals surface area (Å²) in [6.07, 6.45) is 1.72. The maximum absolute atomic E-state index is 9.06. The van der Waals surface area contributed by atoms with E-state index in [1.165, 1.54) is 0 Å². The lowest BCUT2D eigenvalue weighted by Gasteiger charge is -2.08. The van der Waals surface area contributed by atoms with Crippen LogP contribution in [0.3, 0.4) is 0 Å². The van der Waals surface area contributed by atoms with Crippen molar-refractivity contribution in [1.29, 1.82) is 5.26 Å². The molecular formula is C14H8N2O. The van der Waals surface area contributed by atoms with Crippen LogP contribution in [0.25, 0.3) is 0 Å². The van der Waals surface area contributed by atoms with Crippen LogP contribution in [-0.2, 0) is 0 Å². The highest BCUT2D eigenvalue weighted by Crippen LogP contribution is 2.37. The Bertz CT molecular complexity index is 654. The molecule has 0 fully saturated rings. The molecule has 0 saturated heterocycles. The minimum Gasteiger partial charge on any atom is -0.453 e. The van der Waals surface area contributed by atoms with Crippen LogP contribution in [0.15, 0.2) is 47.5 Å². The molecule has 3 nitrogen and oxygen atoms in total. The predicted octanol–water partition coefficient (Wildman–Crippen LogP) is 3.41. The van der Waals surface area contributed by atoms with Gasteiger partial charge in [-0.1, -0.05) is 18.2 Å². The summed E-state index contributed by atoms with van der Waals surface area (Å²) >= 11 is 0. The first kappa shape index (κ1) is 9.61. The molecule has 0 saturated carbocycles. The molecule has 80 valence electrons. The average Bonchev–Trinajstić information content (AvgIpc) is 2.57. The second-order valence-electron chi connectivity index (χ2n) is 3.66. The molecular weight excluding hydrogens is 212 g/mol. The smallest absolute Gasteiger partial charge is 0.154 e. The molecule has 0 spiro atoms. The summed E-state index contributed by atoms with van der Waals surface area (Å²) in [5.74, 6) is 1.24. The predicted molar refractivity (Wildman–Crippen MR) is 64.9 cm³/mol. The fourth-order valence-corrected chi connectivity index (χ4v) is 1.76. The molecule has 1 aliphatic heterocycles. The quantitative estimate of drug-likeness (QED) is 0.582. The van der Waals surface area contributed by atoms with Gasteiger partial charge >= 0.3 is 0 Å². The first-order valence-electron chi connectivity index (χ1n) is 5.22. The molecule has 0 radical (unpaired) electrons. The molecule has 0 N–H and O–H groups in total. The number of hydrogen-bond donors (Lipinski definition) is 0. The minimum atomic E-state index is 0.519. The summed E-state index contributed by atoms with van der Waals surface area (Å²) in [7, 11) is 0. The zero-order chi connectivity index (χ0) is 11.7. The van der Waals surface area contributed by atoms with Crippen molar-refractivity contribution in [3.63, 3.8) is 0 Å². The molecule has 0 unspecified atom stereocenters. The molecule has 0 bridgehead atoms. The number of aliphatic imine (C=N–C) groups is 1. The number of nitrogens with zero attached hydrogens (tertiary/aromatic N) is 2. The number of ether oxygens (including phenoxy) is 1. The lowest BCUT2D eigenvalue weighted by molar-refractivity contribution is 0.483. The van der Waals surface area contributed by atoms with Crippen LogP contribution in [0, 0.1) is 11.3 Å². The molecule has 3 rings (SSSR count). The van der Waals surface area contributed by atoms with E-state index in [0.717, 1.165) is 11.3 Å². The highest BCUT2D eigenvalue weighted by atomic mass is 16.5. The third-order valence-corrected chi connectivity index (χ3v) is 2.59. The molecule has 1 heterocycles. The minimum absolute atomic E-state index is 0.519. The van der Waals surface area contributed by atoms with Crippen molar-refractivity contribution < 1.29 is 4.74 Å². The van der Waals surface area contributed by atoms with Crippen molar-refractivity contribution in [3.8, 4) is 17.6 Å². The Kier molecular flexibility index (Phi) is 2.13. The van der Waals surface area contributed by atoms with Gasteiger partial charge in [-0.15, -0.1) is 0 Å². The average molecular weight is 220 g/mol. The Morgan fingerprint density at radius 1 is 1.06 bits per heavy atom. The number of nitriles is 1. The van der Waals surface area contributed by atoms with Gasteiger partial charge in [-0.25, -0.2) is 0 Å². The Morgan fingerprint density at radius 3 is 2.82 bits per heavy atom. The molecule has 0 atom stereocenters. The molecule has 2 aromatic rings. The summed E-state index contributed by atoms with van der Waals surface area (Å²) < 4.78 is 5.78. The van der Waals surface area contributed by atoms with E-state index in [1.807, 2.05) is 36.4 Å². The molecule has 3 heteroatoms. The zero-order valence-electron chi connectivity index (χ0n) is 8.92. The van der Waals surface area contributed by atoms with Gasteiger partial charge in [0.25, 0.3) is 0 Å². The maximum Gasteiger partial charge on any atom is 0.154 e. The van der Waals surface area contributed by atoms with Crippen LogP contribution in [0.1, 0.15) is 11.1 Å². The number of hydrogen-bond acceptors (Lipinski definition) is 3. The second kappa shape index (κ2) is 3.76. The first-order chi connectivity index (χ1) is 8.38. The molecule has 1 aliphatic rings. The van der Waals surface area contributed by atoms with Crippen molar-refractivity contribution in [2.24, 2.45) is 4.99 Å². The van der Waals surface area contributed by atoms with Crippen molar-refractivity contribution in [2.45, 2.75) is 0 Å². The lowest BCUT2D eigenvalue weighted by atomic mass is 10.1. The van der Waals surface area contributed by atoms with Gasteiger partial charge in [0, 0.05) is 11.8 Å². The first-order valence-corrected chi connectivity index (χ1v) is 5.22. The summed E-state index contributed by atoms with van der Waals surface area (Å²) in [5.41, 5.74) is 2.11. The highest BCUT2D eigenvalue weighted by molar-refractivity contribution is 5.88. The van der Waals surface area contributed by atoms with Crippen LogP contribution in [0.2, 0.25) is 0 Å². The van der Waals surface area contributed by atoms with Gasteiger partial charge in [0.05, 0.1) is 5.56 Å². The third-order valence-electron chi connectivity index (χ3n) is 2.59. The van der Waals surface area contributed by atoms with Gasteiger partial charge in [0.1, 0.15) is 11.8 Å². The molecule has 0 amide bonds. The second-order valence-corrected chi connectivity index (χ2v) is 3.66. The van der Waals surface area contributed by atoms with Gasteiger partial charge in [0.2, 0.25) is 0 Å². The van der Waals surface area contributed by atoms with E-state index in [0.29, 0.717) is 17.1 Å². The fraction of sp³-hybridized carbons (Fsp3) is 0. The van der Waals surface area contributed by atoms with E-state index in [9.17, 15) is 0 Å². The molecule has 0 aromatic heterocycles. The Hall–Kier alpha value is -2.60. The monoisotopic (exact) mass is 220 g/mol. The van der Waals surface area contributed by atoms with Crippen molar-refractivity contribution in [1.82, 2.24) is 0 Å². The Labute approximate surface area is 98.6 Å². The number of benzene rings is 2. The van der Waals surface area contributed by atoms with E-state index in [2.05, 4.69) is 11.1 Å². The van der Waals surface area contributed by atoms with Crippen molar-refractivity contribution >= 4 is 11.9 Å². The van der Waals surface area contributed by atoms with Crippen molar-refractivity contribution in [3.05, 3.63) is 53.6 Å². The van der Waals surface area contributed by atoms with Crippen molar-refractivity contribution in [2.75, 3.05) is 0 Å². The Balaban J connectivity index is 2.23. The summed E-state index contributed by atoms with van der Waals surface area (Å²) in [6.45, 7) is 0. The summed E-state index contributed by atoms with van der Waals surface area (Å²) in [5, 5.41) is 9.06. The number of rotatable bonds is 0. The zero-order valence-corrected chi connectivity index (χ0v) is 8.92. The molecule has 17 heavy (non-hydrogen) atoms. The fourth-order valence-electron chi connectivity index (χ4n) is 1.76. The summed E-state index contributed by atoms with van der Waals surface area (Å²) in [4.78, 5) is 4.34. The lowest BCUT2D eigenvalue weighted by Crippen LogP contribution is -1.91. The number of para-hydroxylation sites is 3. The number of fused-ring (bicyclic) bond motifs is 2.